The third kappa shape index (κ3) is 12.2. The quantitative estimate of drug-likeness (QED) is 0.167. The number of hydrogen-bond acceptors (Lipinski definition) is 7. The Kier molecular flexibility index (Phi) is 13.6. The third-order valence-electron chi connectivity index (χ3n) is 7.88. The number of hydrogen-bond donors (Lipinski definition) is 7. The minimum atomic E-state index is -1.27. The Balaban J connectivity index is 1.60. The van der Waals surface area contributed by atoms with E-state index in [9.17, 15) is 33.6 Å². The Morgan fingerprint density at radius 1 is 0.700 bits per heavy atom. The highest BCUT2D eigenvalue weighted by Gasteiger charge is 2.28. The van der Waals surface area contributed by atoms with Gasteiger partial charge in [0.25, 0.3) is 0 Å². The molecule has 0 saturated heterocycles. The standard InChI is InChI=1S/C36H40N6O8/c43-30-17-18-31(44)41-28(19-24-9-5-2-6-10-24)34(48)37-21-32(45)40-27(16-13-23-7-3-1-4-8-23)36(50)42-29(35(49)38-22-33(46)47)20-25-11-14-26(39-30)15-12-25/h1-12,14-15,27-29H,13,16-22H2,(H,37,48)(H,38,49)(H,39,43)(H,40,45)(H,41,44)(H,42,50)(H,46,47)/t27-,28-,29+/m1/s1. The van der Waals surface area contributed by atoms with Gasteiger partial charge in [-0.1, -0.05) is 72.8 Å². The van der Waals surface area contributed by atoms with Crippen molar-refractivity contribution in [2.75, 3.05) is 18.4 Å². The molecular formula is C36H40N6O8. The van der Waals surface area contributed by atoms with Crippen molar-refractivity contribution in [2.24, 2.45) is 0 Å². The summed E-state index contributed by atoms with van der Waals surface area (Å²) in [6.07, 6.45) is 0.237. The molecular weight excluding hydrogens is 644 g/mol. The van der Waals surface area contributed by atoms with Gasteiger partial charge in [0, 0.05) is 31.4 Å². The molecule has 2 aliphatic rings. The summed E-state index contributed by atoms with van der Waals surface area (Å²) in [5, 5.41) is 24.6. The second kappa shape index (κ2) is 18.5. The highest BCUT2D eigenvalue weighted by atomic mass is 16.4. The molecule has 14 heteroatoms. The van der Waals surface area contributed by atoms with Crippen molar-refractivity contribution in [3.63, 3.8) is 0 Å². The molecule has 6 amide bonds. The molecule has 0 saturated carbocycles. The van der Waals surface area contributed by atoms with Gasteiger partial charge in [0.15, 0.2) is 0 Å². The van der Waals surface area contributed by atoms with Crippen LogP contribution in [0.25, 0.3) is 0 Å². The molecule has 3 aromatic rings. The lowest BCUT2D eigenvalue weighted by atomic mass is 10.0. The summed E-state index contributed by atoms with van der Waals surface area (Å²) in [6.45, 7) is -1.20. The van der Waals surface area contributed by atoms with Crippen LogP contribution < -0.4 is 31.9 Å². The number of fused-ring (bicyclic) bond motifs is 18. The van der Waals surface area contributed by atoms with Gasteiger partial charge in [0.2, 0.25) is 35.4 Å². The van der Waals surface area contributed by atoms with Crippen molar-refractivity contribution in [3.05, 3.63) is 102 Å². The number of carbonyl (C=O) groups excluding carboxylic acids is 6. The van der Waals surface area contributed by atoms with Crippen LogP contribution in [0.3, 0.4) is 0 Å². The van der Waals surface area contributed by atoms with Crippen molar-refractivity contribution >= 4 is 47.1 Å². The van der Waals surface area contributed by atoms with Crippen molar-refractivity contribution in [1.82, 2.24) is 26.6 Å². The van der Waals surface area contributed by atoms with Crippen LogP contribution in [0.5, 0.6) is 0 Å². The summed E-state index contributed by atoms with van der Waals surface area (Å²) < 4.78 is 0. The SMILES string of the molecule is O=C(O)CNC(=O)[C@@H]1Cc2ccc(cc2)NC(=O)CCC(=O)N[C@H](Cc2ccccc2)C(=O)NCC(=O)N[C@H](CCc2ccccc2)C(=O)N1. The van der Waals surface area contributed by atoms with E-state index in [1.54, 1.807) is 48.5 Å². The molecule has 0 unspecified atom stereocenters. The molecule has 0 radical (unpaired) electrons. The van der Waals surface area contributed by atoms with Crippen LogP contribution in [-0.2, 0) is 52.8 Å². The number of carbonyl (C=O) groups is 7. The Morgan fingerprint density at radius 2 is 1.32 bits per heavy atom. The summed E-state index contributed by atoms with van der Waals surface area (Å²) in [4.78, 5) is 89.9. The highest BCUT2D eigenvalue weighted by Crippen LogP contribution is 2.14. The number of benzene rings is 3. The topological polar surface area (TPSA) is 212 Å². The first-order chi connectivity index (χ1) is 24.0. The van der Waals surface area contributed by atoms with Gasteiger partial charge in [-0.05, 0) is 41.7 Å². The average Bonchev–Trinajstić information content (AvgIpc) is 3.11. The largest absolute Gasteiger partial charge is 0.480 e. The predicted octanol–water partition coefficient (Wildman–Crippen LogP) is 0.608. The smallest absolute Gasteiger partial charge is 0.322 e. The maximum atomic E-state index is 13.7. The van der Waals surface area contributed by atoms with Gasteiger partial charge in [-0.25, -0.2) is 0 Å². The second-order valence-corrected chi connectivity index (χ2v) is 11.8. The minimum absolute atomic E-state index is 0.0379. The Morgan fingerprint density at radius 3 is 1.98 bits per heavy atom. The molecule has 2 bridgehead atoms. The van der Waals surface area contributed by atoms with Crippen LogP contribution in [0, 0.1) is 0 Å². The van der Waals surface area contributed by atoms with Crippen molar-refractivity contribution in [3.8, 4) is 0 Å². The summed E-state index contributed by atoms with van der Waals surface area (Å²) in [5.41, 5.74) is 2.66. The normalized spacial score (nSPS) is 19.4. The number of aliphatic carboxylic acids is 1. The molecule has 50 heavy (non-hydrogen) atoms. The fourth-order valence-corrected chi connectivity index (χ4v) is 5.26. The van der Waals surface area contributed by atoms with E-state index in [-0.39, 0.29) is 32.1 Å². The van der Waals surface area contributed by atoms with E-state index in [2.05, 4.69) is 31.9 Å². The molecule has 0 fully saturated rings. The first-order valence-corrected chi connectivity index (χ1v) is 16.2. The van der Waals surface area contributed by atoms with Gasteiger partial charge in [-0.3, -0.25) is 33.6 Å². The number of aryl methyl sites for hydroxylation is 1. The molecule has 2 heterocycles. The van der Waals surface area contributed by atoms with E-state index in [0.29, 0.717) is 17.7 Å². The number of anilines is 1. The lowest BCUT2D eigenvalue weighted by Crippen LogP contribution is -2.56. The summed E-state index contributed by atoms with van der Waals surface area (Å²) in [7, 11) is 0. The van der Waals surface area contributed by atoms with Gasteiger partial charge in [0.1, 0.15) is 24.7 Å². The number of carboxylic acid groups (broad SMARTS) is 1. The first-order valence-electron chi connectivity index (χ1n) is 16.2. The molecule has 262 valence electrons. The van der Waals surface area contributed by atoms with Crippen molar-refractivity contribution in [1.29, 1.82) is 0 Å². The zero-order chi connectivity index (χ0) is 35.9. The van der Waals surface area contributed by atoms with Gasteiger partial charge < -0.3 is 37.0 Å². The van der Waals surface area contributed by atoms with Crippen molar-refractivity contribution < 1.29 is 38.7 Å². The predicted molar refractivity (Wildman–Crippen MR) is 182 cm³/mol. The molecule has 0 aromatic heterocycles. The third-order valence-corrected chi connectivity index (χ3v) is 7.88. The van der Waals surface area contributed by atoms with Gasteiger partial charge in [-0.15, -0.1) is 0 Å². The molecule has 2 aliphatic heterocycles. The van der Waals surface area contributed by atoms with Gasteiger partial charge in [0.05, 0.1) is 6.54 Å². The fraction of sp³-hybridized carbons (Fsp3) is 0.306. The van der Waals surface area contributed by atoms with E-state index in [1.165, 1.54) is 0 Å². The van der Waals surface area contributed by atoms with Crippen LogP contribution in [0.1, 0.15) is 36.0 Å². The lowest BCUT2D eigenvalue weighted by molar-refractivity contribution is -0.138. The molecule has 0 spiro atoms. The zero-order valence-corrected chi connectivity index (χ0v) is 27.3. The maximum absolute atomic E-state index is 13.7. The monoisotopic (exact) mass is 684 g/mol. The Hall–Kier alpha value is -6.05. The minimum Gasteiger partial charge on any atom is -0.480 e. The van der Waals surface area contributed by atoms with E-state index in [4.69, 9.17) is 5.11 Å². The van der Waals surface area contributed by atoms with Crippen LogP contribution in [0.15, 0.2) is 84.9 Å². The maximum Gasteiger partial charge on any atom is 0.322 e. The average molecular weight is 685 g/mol. The molecule has 0 aliphatic carbocycles. The van der Waals surface area contributed by atoms with Crippen LogP contribution >= 0.6 is 0 Å². The number of carboxylic acids is 1. The van der Waals surface area contributed by atoms with Gasteiger partial charge >= 0.3 is 5.97 Å². The van der Waals surface area contributed by atoms with Crippen LogP contribution in [0.2, 0.25) is 0 Å². The number of nitrogens with one attached hydrogen (secondary N) is 6. The highest BCUT2D eigenvalue weighted by molar-refractivity contribution is 5.96. The fourth-order valence-electron chi connectivity index (χ4n) is 5.26. The second-order valence-electron chi connectivity index (χ2n) is 11.8. The number of amides is 6. The molecule has 14 nitrogen and oxygen atoms in total. The molecule has 7 N–H and O–H groups in total. The first kappa shape index (κ1) is 36.8. The lowest BCUT2D eigenvalue weighted by Gasteiger charge is -2.24. The number of rotatable bonds is 8. The molecule has 5 rings (SSSR count). The van der Waals surface area contributed by atoms with Crippen molar-refractivity contribution in [2.45, 2.75) is 56.7 Å². The summed E-state index contributed by atoms with van der Waals surface area (Å²) >= 11 is 0. The van der Waals surface area contributed by atoms with E-state index < -0.39 is 72.6 Å². The van der Waals surface area contributed by atoms with E-state index in [1.807, 2.05) is 36.4 Å². The van der Waals surface area contributed by atoms with E-state index in [0.717, 1.165) is 11.1 Å². The Labute approximate surface area is 288 Å². The van der Waals surface area contributed by atoms with E-state index >= 15 is 0 Å². The molecule has 3 atom stereocenters. The summed E-state index contributed by atoms with van der Waals surface area (Å²) in [6, 6.07) is 21.2. The van der Waals surface area contributed by atoms with Gasteiger partial charge in [-0.2, -0.15) is 0 Å². The van der Waals surface area contributed by atoms with Crippen LogP contribution in [0.4, 0.5) is 5.69 Å². The summed E-state index contributed by atoms with van der Waals surface area (Å²) in [5.74, 6) is -5.04. The Bertz CT molecular complexity index is 1670. The van der Waals surface area contributed by atoms with Crippen LogP contribution in [-0.4, -0.2) is 77.7 Å². The molecule has 3 aromatic carbocycles. The zero-order valence-electron chi connectivity index (χ0n) is 27.3.